The molecule has 0 aliphatic carbocycles. The Hall–Kier alpha value is -2.49. The lowest BCUT2D eigenvalue weighted by molar-refractivity contribution is 0.0746. The van der Waals surface area contributed by atoms with E-state index < -0.39 is 10.0 Å². The Morgan fingerprint density at radius 1 is 1.09 bits per heavy atom. The molecular weight excluding hydrogens is 456 g/mol. The van der Waals surface area contributed by atoms with Crippen molar-refractivity contribution in [3.8, 4) is 0 Å². The SMILES string of the molecule is CCCCN(C)S(=O)(=O)c1ccc(C(=O)N2CCN(c3nc4c(C)cccc4s3)CC2)cc1. The van der Waals surface area contributed by atoms with Gasteiger partial charge in [-0.2, -0.15) is 0 Å². The largest absolute Gasteiger partial charge is 0.345 e. The number of benzene rings is 2. The summed E-state index contributed by atoms with van der Waals surface area (Å²) in [7, 11) is -1.94. The number of nitrogens with zero attached hydrogens (tertiary/aromatic N) is 4. The van der Waals surface area contributed by atoms with Crippen LogP contribution in [0.15, 0.2) is 47.4 Å². The Morgan fingerprint density at radius 3 is 2.42 bits per heavy atom. The number of sulfonamides is 1. The number of carbonyl (C=O) groups excluding carboxylic acids is 1. The average Bonchev–Trinajstić information content (AvgIpc) is 3.28. The summed E-state index contributed by atoms with van der Waals surface area (Å²) in [6, 6.07) is 12.5. The number of para-hydroxylation sites is 1. The van der Waals surface area contributed by atoms with E-state index in [2.05, 4.69) is 30.0 Å². The number of thiazole rings is 1. The third-order valence-corrected chi connectivity index (χ3v) is 9.04. The zero-order valence-electron chi connectivity index (χ0n) is 19.3. The number of aryl methyl sites for hydroxylation is 1. The van der Waals surface area contributed by atoms with Crippen molar-refractivity contribution in [3.05, 3.63) is 53.6 Å². The van der Waals surface area contributed by atoms with E-state index >= 15 is 0 Å². The lowest BCUT2D eigenvalue weighted by Gasteiger charge is -2.34. The second kappa shape index (κ2) is 9.79. The first-order valence-electron chi connectivity index (χ1n) is 11.3. The van der Waals surface area contributed by atoms with Crippen LogP contribution in [0.1, 0.15) is 35.7 Å². The van der Waals surface area contributed by atoms with E-state index in [1.165, 1.54) is 26.7 Å². The molecule has 0 saturated carbocycles. The molecule has 0 radical (unpaired) electrons. The molecule has 1 aliphatic heterocycles. The van der Waals surface area contributed by atoms with Crippen LogP contribution < -0.4 is 4.90 Å². The van der Waals surface area contributed by atoms with Gasteiger partial charge in [0.05, 0.1) is 15.1 Å². The Balaban J connectivity index is 1.39. The summed E-state index contributed by atoms with van der Waals surface area (Å²) in [5.41, 5.74) is 2.73. The molecule has 0 spiro atoms. The van der Waals surface area contributed by atoms with E-state index in [0.717, 1.165) is 36.6 Å². The Morgan fingerprint density at radius 2 is 1.79 bits per heavy atom. The highest BCUT2D eigenvalue weighted by Gasteiger charge is 2.25. The molecule has 1 fully saturated rings. The summed E-state index contributed by atoms with van der Waals surface area (Å²) in [6.45, 7) is 7.24. The Labute approximate surface area is 199 Å². The van der Waals surface area contributed by atoms with Crippen LogP contribution in [-0.4, -0.2) is 68.3 Å². The highest BCUT2D eigenvalue weighted by Crippen LogP contribution is 2.31. The summed E-state index contributed by atoms with van der Waals surface area (Å²) < 4.78 is 27.9. The Kier molecular flexibility index (Phi) is 7.02. The van der Waals surface area contributed by atoms with Crippen molar-refractivity contribution >= 4 is 42.6 Å². The number of hydrogen-bond donors (Lipinski definition) is 0. The quantitative estimate of drug-likeness (QED) is 0.505. The fourth-order valence-corrected chi connectivity index (χ4v) is 6.25. The van der Waals surface area contributed by atoms with E-state index in [0.29, 0.717) is 25.2 Å². The smallest absolute Gasteiger partial charge is 0.253 e. The zero-order valence-corrected chi connectivity index (χ0v) is 21.0. The van der Waals surface area contributed by atoms with Crippen LogP contribution in [0.5, 0.6) is 0 Å². The fourth-order valence-electron chi connectivity index (χ4n) is 3.94. The standard InChI is InChI=1S/C24H30N4O3S2/c1-4-5-13-26(3)33(30,31)20-11-9-19(10-12-20)23(29)27-14-16-28(17-15-27)24-25-22-18(2)7-6-8-21(22)32-24/h6-12H,4-5,13-17H2,1-3H3. The van der Waals surface area contributed by atoms with Gasteiger partial charge in [0, 0.05) is 45.3 Å². The monoisotopic (exact) mass is 486 g/mol. The summed E-state index contributed by atoms with van der Waals surface area (Å²) in [6.07, 6.45) is 1.74. The predicted octanol–water partition coefficient (Wildman–Crippen LogP) is 3.99. The first kappa shape index (κ1) is 23.7. The van der Waals surface area contributed by atoms with Crippen LogP contribution in [0.4, 0.5) is 5.13 Å². The first-order valence-corrected chi connectivity index (χ1v) is 13.5. The minimum absolute atomic E-state index is 0.0712. The third kappa shape index (κ3) is 4.90. The highest BCUT2D eigenvalue weighted by atomic mass is 32.2. The highest BCUT2D eigenvalue weighted by molar-refractivity contribution is 7.89. The van der Waals surface area contributed by atoms with Gasteiger partial charge in [-0.15, -0.1) is 0 Å². The topological polar surface area (TPSA) is 73.8 Å². The van der Waals surface area contributed by atoms with Gasteiger partial charge in [0.1, 0.15) is 0 Å². The number of amides is 1. The number of unbranched alkanes of at least 4 members (excludes halogenated alkanes) is 1. The zero-order chi connectivity index (χ0) is 23.6. The molecular formula is C24H30N4O3S2. The first-order chi connectivity index (χ1) is 15.8. The molecule has 33 heavy (non-hydrogen) atoms. The molecule has 1 aliphatic rings. The number of carbonyl (C=O) groups is 1. The van der Waals surface area contributed by atoms with Gasteiger partial charge >= 0.3 is 0 Å². The minimum atomic E-state index is -3.53. The number of fused-ring (bicyclic) bond motifs is 1. The summed E-state index contributed by atoms with van der Waals surface area (Å²) in [5, 5.41) is 0.994. The van der Waals surface area contributed by atoms with Gasteiger partial charge in [-0.05, 0) is 49.2 Å². The van der Waals surface area contributed by atoms with Crippen molar-refractivity contribution in [2.24, 2.45) is 0 Å². The molecule has 1 aromatic heterocycles. The molecule has 2 heterocycles. The van der Waals surface area contributed by atoms with Crippen molar-refractivity contribution < 1.29 is 13.2 Å². The van der Waals surface area contributed by atoms with Crippen LogP contribution in [0.25, 0.3) is 10.2 Å². The fraction of sp³-hybridized carbons (Fsp3) is 0.417. The predicted molar refractivity (Wildman–Crippen MR) is 134 cm³/mol. The third-order valence-electron chi connectivity index (χ3n) is 6.08. The molecule has 0 atom stereocenters. The molecule has 7 nitrogen and oxygen atoms in total. The molecule has 9 heteroatoms. The van der Waals surface area contributed by atoms with Crippen molar-refractivity contribution in [2.75, 3.05) is 44.7 Å². The van der Waals surface area contributed by atoms with E-state index in [4.69, 9.17) is 4.98 Å². The van der Waals surface area contributed by atoms with E-state index in [-0.39, 0.29) is 10.8 Å². The second-order valence-corrected chi connectivity index (χ2v) is 11.5. The van der Waals surface area contributed by atoms with Crippen LogP contribution in [0.2, 0.25) is 0 Å². The molecule has 1 saturated heterocycles. The summed E-state index contributed by atoms with van der Waals surface area (Å²) in [4.78, 5) is 22.1. The van der Waals surface area contributed by atoms with Crippen LogP contribution in [-0.2, 0) is 10.0 Å². The minimum Gasteiger partial charge on any atom is -0.345 e. The number of aromatic nitrogens is 1. The maximum Gasteiger partial charge on any atom is 0.253 e. The van der Waals surface area contributed by atoms with Gasteiger partial charge in [0.15, 0.2) is 5.13 Å². The molecule has 4 rings (SSSR count). The van der Waals surface area contributed by atoms with E-state index in [9.17, 15) is 13.2 Å². The molecule has 0 bridgehead atoms. The van der Waals surface area contributed by atoms with Gasteiger partial charge in [-0.3, -0.25) is 4.79 Å². The van der Waals surface area contributed by atoms with Crippen molar-refractivity contribution in [2.45, 2.75) is 31.6 Å². The Bertz CT molecular complexity index is 1230. The maximum absolute atomic E-state index is 13.0. The molecule has 0 unspecified atom stereocenters. The van der Waals surface area contributed by atoms with Crippen LogP contribution >= 0.6 is 11.3 Å². The van der Waals surface area contributed by atoms with Crippen LogP contribution in [0.3, 0.4) is 0 Å². The summed E-state index contributed by atoms with van der Waals surface area (Å²) >= 11 is 1.69. The number of anilines is 1. The van der Waals surface area contributed by atoms with Crippen LogP contribution in [0, 0.1) is 6.92 Å². The average molecular weight is 487 g/mol. The lowest BCUT2D eigenvalue weighted by Crippen LogP contribution is -2.48. The molecule has 1 amide bonds. The van der Waals surface area contributed by atoms with Gasteiger partial charge in [0.2, 0.25) is 10.0 Å². The van der Waals surface area contributed by atoms with Gasteiger partial charge in [0.25, 0.3) is 5.91 Å². The molecule has 2 aromatic carbocycles. The van der Waals surface area contributed by atoms with E-state index in [1.807, 2.05) is 11.8 Å². The van der Waals surface area contributed by atoms with Gasteiger partial charge in [-0.25, -0.2) is 17.7 Å². The van der Waals surface area contributed by atoms with Gasteiger partial charge in [-0.1, -0.05) is 36.8 Å². The molecule has 0 N–H and O–H groups in total. The van der Waals surface area contributed by atoms with Crippen molar-refractivity contribution in [1.82, 2.24) is 14.2 Å². The lowest BCUT2D eigenvalue weighted by atomic mass is 10.2. The molecule has 3 aromatic rings. The van der Waals surface area contributed by atoms with Gasteiger partial charge < -0.3 is 9.80 Å². The van der Waals surface area contributed by atoms with E-state index in [1.54, 1.807) is 30.5 Å². The van der Waals surface area contributed by atoms with Crippen molar-refractivity contribution in [3.63, 3.8) is 0 Å². The number of rotatable bonds is 7. The summed E-state index contributed by atoms with van der Waals surface area (Å²) in [5.74, 6) is -0.0712. The second-order valence-electron chi connectivity index (χ2n) is 8.40. The number of hydrogen-bond acceptors (Lipinski definition) is 6. The molecule has 176 valence electrons. The maximum atomic E-state index is 13.0. The normalized spacial score (nSPS) is 14.9. The van der Waals surface area contributed by atoms with Crippen molar-refractivity contribution in [1.29, 1.82) is 0 Å². The number of piperazine rings is 1.